The molecule has 2 amide bonds. The van der Waals surface area contributed by atoms with E-state index in [1.54, 1.807) is 47.1 Å². The Morgan fingerprint density at radius 1 is 1.39 bits per heavy atom. The van der Waals surface area contributed by atoms with Crippen molar-refractivity contribution in [2.75, 3.05) is 19.7 Å². The summed E-state index contributed by atoms with van der Waals surface area (Å²) >= 11 is 0. The van der Waals surface area contributed by atoms with Crippen LogP contribution in [-0.2, 0) is 9.53 Å². The Balaban J connectivity index is 1.76. The van der Waals surface area contributed by atoms with E-state index >= 15 is 0 Å². The molecule has 1 aliphatic rings. The molecule has 0 bridgehead atoms. The normalized spacial score (nSPS) is 21.2. The summed E-state index contributed by atoms with van der Waals surface area (Å²) in [6.45, 7) is 2.39. The zero-order valence-corrected chi connectivity index (χ0v) is 12.7. The number of carbonyl (C=O) groups excluding carboxylic acids is 2. The summed E-state index contributed by atoms with van der Waals surface area (Å²) in [7, 11) is 0. The van der Waals surface area contributed by atoms with Crippen LogP contribution >= 0.6 is 0 Å². The Morgan fingerprint density at radius 2 is 2.22 bits per heavy atom. The van der Waals surface area contributed by atoms with E-state index in [2.05, 4.69) is 10.1 Å². The highest BCUT2D eigenvalue weighted by Crippen LogP contribution is 2.19. The number of pyridine rings is 1. The Bertz CT molecular complexity index is 713. The molecule has 1 unspecified atom stereocenters. The van der Waals surface area contributed by atoms with Gasteiger partial charge in [-0.25, -0.2) is 9.67 Å². The van der Waals surface area contributed by atoms with Crippen molar-refractivity contribution in [3.05, 3.63) is 42.4 Å². The first-order valence-electron chi connectivity index (χ1n) is 7.19. The second kappa shape index (κ2) is 5.81. The van der Waals surface area contributed by atoms with Crippen molar-refractivity contribution in [3.8, 4) is 5.82 Å². The first-order chi connectivity index (χ1) is 11.0. The van der Waals surface area contributed by atoms with Crippen LogP contribution in [0.3, 0.4) is 0 Å². The molecule has 23 heavy (non-hydrogen) atoms. The maximum atomic E-state index is 12.6. The van der Waals surface area contributed by atoms with Gasteiger partial charge in [-0.05, 0) is 25.1 Å². The lowest BCUT2D eigenvalue weighted by Gasteiger charge is -2.38. The first-order valence-corrected chi connectivity index (χ1v) is 7.19. The van der Waals surface area contributed by atoms with E-state index in [0.29, 0.717) is 17.9 Å². The molecule has 8 heteroatoms. The Kier molecular flexibility index (Phi) is 3.83. The van der Waals surface area contributed by atoms with Crippen molar-refractivity contribution in [3.63, 3.8) is 0 Å². The van der Waals surface area contributed by atoms with Crippen LogP contribution in [-0.4, -0.2) is 56.8 Å². The third kappa shape index (κ3) is 2.93. The first kappa shape index (κ1) is 15.2. The van der Waals surface area contributed by atoms with Crippen LogP contribution in [0.1, 0.15) is 17.3 Å². The summed E-state index contributed by atoms with van der Waals surface area (Å²) in [5, 5.41) is 4.08. The van der Waals surface area contributed by atoms with Crippen LogP contribution in [0.4, 0.5) is 0 Å². The molecule has 3 heterocycles. The average molecular weight is 315 g/mol. The minimum absolute atomic E-state index is 0.127. The second-order valence-electron chi connectivity index (χ2n) is 5.53. The Labute approximate surface area is 132 Å². The molecular formula is C15H17N5O3. The molecule has 0 radical (unpaired) electrons. The monoisotopic (exact) mass is 315 g/mol. The number of hydrogen-bond donors (Lipinski definition) is 1. The molecule has 0 aliphatic carbocycles. The van der Waals surface area contributed by atoms with Crippen molar-refractivity contribution in [1.82, 2.24) is 19.7 Å². The number of nitrogens with two attached hydrogens (primary N) is 1. The van der Waals surface area contributed by atoms with Crippen molar-refractivity contribution in [1.29, 1.82) is 0 Å². The van der Waals surface area contributed by atoms with Crippen LogP contribution < -0.4 is 5.73 Å². The van der Waals surface area contributed by atoms with Crippen LogP contribution in [0.5, 0.6) is 0 Å². The summed E-state index contributed by atoms with van der Waals surface area (Å²) in [5.74, 6) is -0.169. The summed E-state index contributed by atoms with van der Waals surface area (Å²) < 4.78 is 7.02. The number of morpholine rings is 1. The van der Waals surface area contributed by atoms with Gasteiger partial charge in [0.25, 0.3) is 11.8 Å². The van der Waals surface area contributed by atoms with Gasteiger partial charge in [0.1, 0.15) is 0 Å². The standard InChI is InChI=1S/C15H17N5O3/c1-15(14(16)22)10-19(7-8-23-15)13(21)11-3-4-12(17-9-11)20-6-2-5-18-20/h2-6,9H,7-8,10H2,1H3,(H2,16,22). The van der Waals surface area contributed by atoms with Gasteiger partial charge >= 0.3 is 0 Å². The highest BCUT2D eigenvalue weighted by molar-refractivity contribution is 5.95. The Hall–Kier alpha value is -2.74. The number of hydrogen-bond acceptors (Lipinski definition) is 5. The van der Waals surface area contributed by atoms with Gasteiger partial charge in [0.2, 0.25) is 0 Å². The maximum absolute atomic E-state index is 12.6. The van der Waals surface area contributed by atoms with Gasteiger partial charge in [-0.2, -0.15) is 5.10 Å². The van der Waals surface area contributed by atoms with E-state index in [1.807, 2.05) is 0 Å². The van der Waals surface area contributed by atoms with E-state index in [0.717, 1.165) is 0 Å². The highest BCUT2D eigenvalue weighted by atomic mass is 16.5. The molecule has 1 fully saturated rings. The van der Waals surface area contributed by atoms with Gasteiger partial charge in [0.05, 0.1) is 18.7 Å². The van der Waals surface area contributed by atoms with Gasteiger partial charge in [0, 0.05) is 25.1 Å². The largest absolute Gasteiger partial charge is 0.367 e. The fourth-order valence-corrected chi connectivity index (χ4v) is 2.43. The van der Waals surface area contributed by atoms with Gasteiger partial charge in [-0.15, -0.1) is 0 Å². The molecule has 2 aromatic heterocycles. The highest BCUT2D eigenvalue weighted by Gasteiger charge is 2.39. The molecular weight excluding hydrogens is 298 g/mol. The lowest BCUT2D eigenvalue weighted by atomic mass is 10.0. The lowest BCUT2D eigenvalue weighted by molar-refractivity contribution is -0.150. The smallest absolute Gasteiger partial charge is 0.255 e. The number of aromatic nitrogens is 3. The van der Waals surface area contributed by atoms with E-state index in [4.69, 9.17) is 10.5 Å². The molecule has 2 N–H and O–H groups in total. The predicted molar refractivity (Wildman–Crippen MR) is 80.8 cm³/mol. The topological polar surface area (TPSA) is 103 Å². The number of primary amides is 1. The van der Waals surface area contributed by atoms with Gasteiger partial charge < -0.3 is 15.4 Å². The third-order valence-electron chi connectivity index (χ3n) is 3.82. The fraction of sp³-hybridized carbons (Fsp3) is 0.333. The molecule has 1 aliphatic heterocycles. The van der Waals surface area contributed by atoms with Crippen molar-refractivity contribution in [2.45, 2.75) is 12.5 Å². The molecule has 0 saturated carbocycles. The minimum atomic E-state index is -1.16. The van der Waals surface area contributed by atoms with Gasteiger partial charge in [-0.1, -0.05) is 0 Å². The molecule has 1 saturated heterocycles. The zero-order chi connectivity index (χ0) is 16.4. The van der Waals surface area contributed by atoms with Crippen molar-refractivity contribution in [2.24, 2.45) is 5.73 Å². The zero-order valence-electron chi connectivity index (χ0n) is 12.7. The molecule has 0 aromatic carbocycles. The number of carbonyl (C=O) groups is 2. The number of nitrogens with zero attached hydrogens (tertiary/aromatic N) is 4. The number of amides is 2. The molecule has 2 aromatic rings. The van der Waals surface area contributed by atoms with Gasteiger partial charge in [0.15, 0.2) is 11.4 Å². The lowest BCUT2D eigenvalue weighted by Crippen LogP contribution is -2.58. The molecule has 3 rings (SSSR count). The quantitative estimate of drug-likeness (QED) is 0.857. The van der Waals surface area contributed by atoms with E-state index < -0.39 is 11.5 Å². The fourth-order valence-electron chi connectivity index (χ4n) is 2.43. The summed E-state index contributed by atoms with van der Waals surface area (Å²) in [6, 6.07) is 5.19. The van der Waals surface area contributed by atoms with Crippen LogP contribution in [0.2, 0.25) is 0 Å². The molecule has 1 atom stereocenters. The number of rotatable bonds is 3. The van der Waals surface area contributed by atoms with Crippen LogP contribution in [0.15, 0.2) is 36.8 Å². The maximum Gasteiger partial charge on any atom is 0.255 e. The van der Waals surface area contributed by atoms with Crippen molar-refractivity contribution < 1.29 is 14.3 Å². The molecule has 8 nitrogen and oxygen atoms in total. The van der Waals surface area contributed by atoms with E-state index in [9.17, 15) is 9.59 Å². The SMILES string of the molecule is CC1(C(N)=O)CN(C(=O)c2ccc(-n3cccn3)nc2)CCO1. The van der Waals surface area contributed by atoms with E-state index in [-0.39, 0.29) is 19.1 Å². The second-order valence-corrected chi connectivity index (χ2v) is 5.53. The van der Waals surface area contributed by atoms with E-state index in [1.165, 1.54) is 6.20 Å². The minimum Gasteiger partial charge on any atom is -0.367 e. The Morgan fingerprint density at radius 3 is 2.83 bits per heavy atom. The number of ether oxygens (including phenoxy) is 1. The summed E-state index contributed by atoms with van der Waals surface area (Å²) in [4.78, 5) is 29.9. The van der Waals surface area contributed by atoms with Crippen LogP contribution in [0, 0.1) is 0 Å². The average Bonchev–Trinajstić information content (AvgIpc) is 3.09. The predicted octanol–water partition coefficient (Wildman–Crippen LogP) is -0.0163. The molecule has 0 spiro atoms. The summed E-state index contributed by atoms with van der Waals surface area (Å²) in [6.07, 6.45) is 4.92. The van der Waals surface area contributed by atoms with Crippen LogP contribution in [0.25, 0.3) is 5.82 Å². The molecule has 120 valence electrons. The third-order valence-corrected chi connectivity index (χ3v) is 3.82. The van der Waals surface area contributed by atoms with Gasteiger partial charge in [-0.3, -0.25) is 9.59 Å². The van der Waals surface area contributed by atoms with Crippen molar-refractivity contribution >= 4 is 11.8 Å². The summed E-state index contributed by atoms with van der Waals surface area (Å²) in [5.41, 5.74) is 4.64.